The molecule has 0 spiro atoms. The number of anilines is 1. The Labute approximate surface area is 72.4 Å². The summed E-state index contributed by atoms with van der Waals surface area (Å²) in [5, 5.41) is 10.7. The van der Waals surface area contributed by atoms with E-state index in [1.807, 2.05) is 0 Å². The average Bonchev–Trinajstić information content (AvgIpc) is 2.03. The predicted octanol–water partition coefficient (Wildman–Crippen LogP) is 0.689. The Balaban J connectivity index is 3.29. The second-order valence-electron chi connectivity index (χ2n) is 1.87. The Morgan fingerprint density at radius 2 is 2.33 bits per heavy atom. The topological polar surface area (TPSA) is 94.9 Å². The van der Waals surface area contributed by atoms with Crippen LogP contribution in [0.1, 0.15) is 0 Å². The van der Waals surface area contributed by atoms with Crippen molar-refractivity contribution < 1.29 is 4.92 Å². The number of nitrogens with zero attached hydrogens (tertiary/aromatic N) is 3. The third-order valence-electron chi connectivity index (χ3n) is 1.19. The molecule has 0 aliphatic rings. The zero-order chi connectivity index (χ0) is 9.14. The van der Waals surface area contributed by atoms with Crippen molar-refractivity contribution in [3.8, 4) is 0 Å². The SMILES string of the molecule is CSc1ncnc(N)c1[N+](=O)[O-]. The van der Waals surface area contributed by atoms with Gasteiger partial charge in [0.25, 0.3) is 0 Å². The quantitative estimate of drug-likeness (QED) is 0.316. The summed E-state index contributed by atoms with van der Waals surface area (Å²) in [6.07, 6.45) is 2.89. The van der Waals surface area contributed by atoms with Crippen LogP contribution in [0.25, 0.3) is 0 Å². The van der Waals surface area contributed by atoms with Crippen molar-refractivity contribution in [2.75, 3.05) is 12.0 Å². The first-order chi connectivity index (χ1) is 5.66. The highest BCUT2D eigenvalue weighted by atomic mass is 32.2. The first kappa shape index (κ1) is 8.72. The number of hydrogen-bond acceptors (Lipinski definition) is 6. The molecule has 0 aromatic carbocycles. The molecule has 0 radical (unpaired) electrons. The Morgan fingerprint density at radius 1 is 1.67 bits per heavy atom. The van der Waals surface area contributed by atoms with Gasteiger partial charge in [0.1, 0.15) is 6.33 Å². The number of rotatable bonds is 2. The number of thioether (sulfide) groups is 1. The molecule has 0 aliphatic carbocycles. The molecule has 0 amide bonds. The number of nitrogens with two attached hydrogens (primary N) is 1. The second-order valence-corrected chi connectivity index (χ2v) is 2.67. The summed E-state index contributed by atoms with van der Waals surface area (Å²) in [7, 11) is 0. The van der Waals surface area contributed by atoms with E-state index in [-0.39, 0.29) is 16.5 Å². The standard InChI is InChI=1S/C5H6N4O2S/c1-12-5-3(9(10)11)4(6)7-2-8-5/h2H,1H3,(H2,6,7,8). The number of hydrogen-bond donors (Lipinski definition) is 1. The maximum absolute atomic E-state index is 10.4. The van der Waals surface area contributed by atoms with E-state index in [9.17, 15) is 10.1 Å². The lowest BCUT2D eigenvalue weighted by Crippen LogP contribution is -2.01. The van der Waals surface area contributed by atoms with E-state index in [2.05, 4.69) is 9.97 Å². The second kappa shape index (κ2) is 3.35. The highest BCUT2D eigenvalue weighted by Gasteiger charge is 2.19. The van der Waals surface area contributed by atoms with E-state index in [0.29, 0.717) is 0 Å². The van der Waals surface area contributed by atoms with Crippen LogP contribution in [-0.4, -0.2) is 21.1 Å². The lowest BCUT2D eigenvalue weighted by Gasteiger charge is -1.98. The molecule has 6 nitrogen and oxygen atoms in total. The molecule has 12 heavy (non-hydrogen) atoms. The van der Waals surface area contributed by atoms with Crippen molar-refractivity contribution in [1.29, 1.82) is 0 Å². The highest BCUT2D eigenvalue weighted by molar-refractivity contribution is 7.98. The van der Waals surface area contributed by atoms with Gasteiger partial charge in [-0.25, -0.2) is 9.97 Å². The van der Waals surface area contributed by atoms with Crippen LogP contribution in [0.5, 0.6) is 0 Å². The van der Waals surface area contributed by atoms with Crippen molar-refractivity contribution in [1.82, 2.24) is 9.97 Å². The largest absolute Gasteiger partial charge is 0.378 e. The molecule has 1 heterocycles. The van der Waals surface area contributed by atoms with Crippen molar-refractivity contribution in [3.05, 3.63) is 16.4 Å². The molecule has 0 bridgehead atoms. The third-order valence-corrected chi connectivity index (χ3v) is 1.88. The molecule has 1 aromatic rings. The smallest absolute Gasteiger partial charge is 0.343 e. The van der Waals surface area contributed by atoms with Gasteiger partial charge in [-0.3, -0.25) is 10.1 Å². The molecule has 0 unspecified atom stereocenters. The Hall–Kier alpha value is -1.37. The Bertz CT molecular complexity index is 316. The molecule has 0 saturated heterocycles. The first-order valence-corrected chi connectivity index (χ1v) is 4.18. The lowest BCUT2D eigenvalue weighted by molar-refractivity contribution is -0.387. The summed E-state index contributed by atoms with van der Waals surface area (Å²) in [4.78, 5) is 17.1. The summed E-state index contributed by atoms with van der Waals surface area (Å²) >= 11 is 1.17. The first-order valence-electron chi connectivity index (χ1n) is 2.95. The zero-order valence-corrected chi connectivity index (χ0v) is 7.04. The third kappa shape index (κ3) is 1.45. The van der Waals surface area contributed by atoms with Gasteiger partial charge in [0.05, 0.1) is 4.92 Å². The molecular weight excluding hydrogens is 180 g/mol. The van der Waals surface area contributed by atoms with Crippen molar-refractivity contribution in [2.45, 2.75) is 5.03 Å². The van der Waals surface area contributed by atoms with Gasteiger partial charge in [0.15, 0.2) is 5.03 Å². The maximum atomic E-state index is 10.4. The molecule has 2 N–H and O–H groups in total. The fraction of sp³-hybridized carbons (Fsp3) is 0.200. The average molecular weight is 186 g/mol. The van der Waals surface area contributed by atoms with Crippen LogP contribution in [-0.2, 0) is 0 Å². The van der Waals surface area contributed by atoms with E-state index in [1.165, 1.54) is 18.1 Å². The van der Waals surface area contributed by atoms with Gasteiger partial charge in [-0.15, -0.1) is 11.8 Å². The highest BCUT2D eigenvalue weighted by Crippen LogP contribution is 2.28. The predicted molar refractivity (Wildman–Crippen MR) is 44.9 cm³/mol. The Kier molecular flexibility index (Phi) is 2.44. The van der Waals surface area contributed by atoms with Crippen molar-refractivity contribution >= 4 is 23.3 Å². The normalized spacial score (nSPS) is 9.75. The maximum Gasteiger partial charge on any atom is 0.343 e. The fourth-order valence-corrected chi connectivity index (χ4v) is 1.22. The lowest BCUT2D eigenvalue weighted by atomic mass is 10.5. The Morgan fingerprint density at radius 3 is 2.75 bits per heavy atom. The summed E-state index contributed by atoms with van der Waals surface area (Å²) in [6, 6.07) is 0. The fourth-order valence-electron chi connectivity index (χ4n) is 0.696. The summed E-state index contributed by atoms with van der Waals surface area (Å²) < 4.78 is 0. The molecule has 0 atom stereocenters. The summed E-state index contributed by atoms with van der Waals surface area (Å²) in [6.45, 7) is 0. The summed E-state index contributed by atoms with van der Waals surface area (Å²) in [5.41, 5.74) is 5.07. The van der Waals surface area contributed by atoms with E-state index < -0.39 is 4.92 Å². The van der Waals surface area contributed by atoms with Gasteiger partial charge in [0, 0.05) is 0 Å². The van der Waals surface area contributed by atoms with Gasteiger partial charge in [-0.2, -0.15) is 0 Å². The molecule has 0 aliphatic heterocycles. The van der Waals surface area contributed by atoms with Crippen LogP contribution in [0, 0.1) is 10.1 Å². The van der Waals surface area contributed by atoms with E-state index in [0.717, 1.165) is 0 Å². The molecule has 1 rings (SSSR count). The van der Waals surface area contributed by atoms with Gasteiger partial charge < -0.3 is 5.73 Å². The minimum atomic E-state index is -0.582. The minimum absolute atomic E-state index is 0.0978. The van der Waals surface area contributed by atoms with Crippen molar-refractivity contribution in [3.63, 3.8) is 0 Å². The van der Waals surface area contributed by atoms with Gasteiger partial charge in [0.2, 0.25) is 5.82 Å². The number of nitro groups is 1. The van der Waals surface area contributed by atoms with Gasteiger partial charge >= 0.3 is 5.69 Å². The van der Waals surface area contributed by atoms with E-state index >= 15 is 0 Å². The van der Waals surface area contributed by atoms with E-state index in [1.54, 1.807) is 6.26 Å². The van der Waals surface area contributed by atoms with Gasteiger partial charge in [-0.1, -0.05) is 0 Å². The molecule has 7 heteroatoms. The van der Waals surface area contributed by atoms with Crippen LogP contribution in [0.15, 0.2) is 11.4 Å². The van der Waals surface area contributed by atoms with E-state index in [4.69, 9.17) is 5.73 Å². The molecule has 0 fully saturated rings. The van der Waals surface area contributed by atoms with Crippen LogP contribution in [0.4, 0.5) is 11.5 Å². The van der Waals surface area contributed by atoms with Crippen molar-refractivity contribution in [2.24, 2.45) is 0 Å². The summed E-state index contributed by atoms with van der Waals surface area (Å²) in [5.74, 6) is -0.0978. The van der Waals surface area contributed by atoms with Crippen LogP contribution in [0.3, 0.4) is 0 Å². The minimum Gasteiger partial charge on any atom is -0.378 e. The molecule has 1 aromatic heterocycles. The number of aromatic nitrogens is 2. The van der Waals surface area contributed by atoms with Crippen LogP contribution in [0.2, 0.25) is 0 Å². The molecule has 0 saturated carbocycles. The molecular formula is C5H6N4O2S. The van der Waals surface area contributed by atoms with Gasteiger partial charge in [-0.05, 0) is 6.26 Å². The zero-order valence-electron chi connectivity index (χ0n) is 6.22. The number of nitrogen functional groups attached to an aromatic ring is 1. The van der Waals surface area contributed by atoms with Crippen LogP contribution < -0.4 is 5.73 Å². The van der Waals surface area contributed by atoms with Crippen LogP contribution >= 0.6 is 11.8 Å². The molecule has 64 valence electrons. The monoisotopic (exact) mass is 186 g/mol.